The number of carbonyl (C=O) groups excluding carboxylic acids is 1. The van der Waals surface area contributed by atoms with Crippen molar-refractivity contribution in [2.45, 2.75) is 19.6 Å². The predicted molar refractivity (Wildman–Crippen MR) is 102 cm³/mol. The van der Waals surface area contributed by atoms with Gasteiger partial charge in [-0.15, -0.1) is 0 Å². The fraction of sp³-hybridized carbons (Fsp3) is 0.350. The average molecular weight is 361 g/mol. The van der Waals surface area contributed by atoms with Gasteiger partial charge in [0.2, 0.25) is 0 Å². The number of benzene rings is 2. The zero-order chi connectivity index (χ0) is 18.2. The van der Waals surface area contributed by atoms with E-state index in [1.165, 1.54) is 0 Å². The fourth-order valence-corrected chi connectivity index (χ4v) is 2.54. The molecule has 2 aromatic carbocycles. The van der Waals surface area contributed by atoms with Crippen molar-refractivity contribution in [1.29, 1.82) is 0 Å². The minimum absolute atomic E-state index is 0.0272. The maximum atomic E-state index is 12.9. The molecule has 0 saturated heterocycles. The summed E-state index contributed by atoms with van der Waals surface area (Å²) in [7, 11) is 4.00. The van der Waals surface area contributed by atoms with Gasteiger partial charge in [-0.1, -0.05) is 41.9 Å². The van der Waals surface area contributed by atoms with E-state index in [0.29, 0.717) is 23.9 Å². The first kappa shape index (κ1) is 19.3. The number of likely N-dealkylation sites (N-methyl/N-ethyl adjacent to an activating group) is 1. The van der Waals surface area contributed by atoms with E-state index >= 15 is 0 Å². The molecule has 0 N–H and O–H groups in total. The minimum atomic E-state index is -0.563. The summed E-state index contributed by atoms with van der Waals surface area (Å²) in [5.41, 5.74) is 1.10. The molecule has 0 aromatic heterocycles. The standard InChI is InChI=1S/C20H25ClN2O2/c1-16(25-19-11-9-18(21)10-12-19)20(24)23(14-13-22(2)3)15-17-7-5-4-6-8-17/h4-12,16H,13-15H2,1-3H3. The summed E-state index contributed by atoms with van der Waals surface area (Å²) >= 11 is 5.89. The molecule has 0 aliphatic carbocycles. The second kappa shape index (κ2) is 9.44. The Morgan fingerprint density at radius 2 is 1.68 bits per heavy atom. The Labute approximate surface area is 155 Å². The number of carbonyl (C=O) groups is 1. The van der Waals surface area contributed by atoms with Crippen molar-refractivity contribution in [2.24, 2.45) is 0 Å². The van der Waals surface area contributed by atoms with Gasteiger partial charge in [-0.2, -0.15) is 0 Å². The number of ether oxygens (including phenoxy) is 1. The summed E-state index contributed by atoms with van der Waals surface area (Å²) in [4.78, 5) is 16.8. The Bertz CT molecular complexity index is 659. The lowest BCUT2D eigenvalue weighted by Crippen LogP contribution is -2.43. The topological polar surface area (TPSA) is 32.8 Å². The van der Waals surface area contributed by atoms with Crippen LogP contribution < -0.4 is 4.74 Å². The Balaban J connectivity index is 2.05. The number of amides is 1. The average Bonchev–Trinajstić information content (AvgIpc) is 2.60. The smallest absolute Gasteiger partial charge is 0.263 e. The molecule has 0 radical (unpaired) electrons. The van der Waals surface area contributed by atoms with E-state index in [-0.39, 0.29) is 5.91 Å². The summed E-state index contributed by atoms with van der Waals surface area (Å²) < 4.78 is 5.79. The van der Waals surface area contributed by atoms with Crippen LogP contribution in [0.25, 0.3) is 0 Å². The summed E-state index contributed by atoms with van der Waals surface area (Å²) in [6, 6.07) is 17.0. The highest BCUT2D eigenvalue weighted by Crippen LogP contribution is 2.18. The Morgan fingerprint density at radius 1 is 1.04 bits per heavy atom. The van der Waals surface area contributed by atoms with Crippen LogP contribution in [-0.2, 0) is 11.3 Å². The lowest BCUT2D eigenvalue weighted by atomic mass is 10.2. The van der Waals surface area contributed by atoms with Crippen molar-refractivity contribution in [3.63, 3.8) is 0 Å². The van der Waals surface area contributed by atoms with E-state index in [0.717, 1.165) is 12.1 Å². The van der Waals surface area contributed by atoms with Crippen LogP contribution in [-0.4, -0.2) is 49.0 Å². The highest BCUT2D eigenvalue weighted by Gasteiger charge is 2.22. The number of nitrogens with zero attached hydrogens (tertiary/aromatic N) is 2. The molecular weight excluding hydrogens is 336 g/mol. The number of rotatable bonds is 8. The van der Waals surface area contributed by atoms with Crippen molar-refractivity contribution in [1.82, 2.24) is 9.80 Å². The first-order chi connectivity index (χ1) is 12.0. The van der Waals surface area contributed by atoms with Crippen molar-refractivity contribution in [2.75, 3.05) is 27.2 Å². The highest BCUT2D eigenvalue weighted by atomic mass is 35.5. The van der Waals surface area contributed by atoms with E-state index in [9.17, 15) is 4.79 Å². The van der Waals surface area contributed by atoms with E-state index in [1.807, 2.05) is 49.3 Å². The largest absolute Gasteiger partial charge is 0.481 e. The van der Waals surface area contributed by atoms with Gasteiger partial charge >= 0.3 is 0 Å². The third kappa shape index (κ3) is 6.40. The molecule has 134 valence electrons. The van der Waals surface area contributed by atoms with Crippen molar-refractivity contribution in [3.8, 4) is 5.75 Å². The molecule has 5 heteroatoms. The third-order valence-electron chi connectivity index (χ3n) is 3.82. The van der Waals surface area contributed by atoms with Crippen molar-refractivity contribution >= 4 is 17.5 Å². The van der Waals surface area contributed by atoms with Crippen LogP contribution in [0.4, 0.5) is 0 Å². The number of hydrogen-bond donors (Lipinski definition) is 0. The zero-order valence-electron chi connectivity index (χ0n) is 15.0. The first-order valence-corrected chi connectivity index (χ1v) is 8.73. The van der Waals surface area contributed by atoms with Gasteiger partial charge in [-0.05, 0) is 50.8 Å². The summed E-state index contributed by atoms with van der Waals surface area (Å²) in [5, 5.41) is 0.642. The fourth-order valence-electron chi connectivity index (χ4n) is 2.42. The van der Waals surface area contributed by atoms with Gasteiger partial charge in [0.1, 0.15) is 5.75 Å². The number of hydrogen-bond acceptors (Lipinski definition) is 3. The van der Waals surface area contributed by atoms with Crippen LogP contribution in [0, 0.1) is 0 Å². The molecule has 0 fully saturated rings. The molecule has 1 atom stereocenters. The molecule has 0 aliphatic heterocycles. The third-order valence-corrected chi connectivity index (χ3v) is 4.07. The normalized spacial score (nSPS) is 12.0. The number of halogens is 1. The Morgan fingerprint density at radius 3 is 2.28 bits per heavy atom. The van der Waals surface area contributed by atoms with E-state index in [1.54, 1.807) is 31.2 Å². The lowest BCUT2D eigenvalue weighted by molar-refractivity contribution is -0.138. The molecular formula is C20H25ClN2O2. The maximum Gasteiger partial charge on any atom is 0.263 e. The van der Waals surface area contributed by atoms with Crippen molar-refractivity contribution in [3.05, 3.63) is 65.2 Å². The zero-order valence-corrected chi connectivity index (χ0v) is 15.7. The van der Waals surface area contributed by atoms with Gasteiger partial charge < -0.3 is 14.5 Å². The molecule has 4 nitrogen and oxygen atoms in total. The molecule has 2 aromatic rings. The molecule has 0 spiro atoms. The van der Waals surface area contributed by atoms with Gasteiger partial charge in [0.05, 0.1) is 0 Å². The van der Waals surface area contributed by atoms with E-state index in [4.69, 9.17) is 16.3 Å². The van der Waals surface area contributed by atoms with Crippen LogP contribution in [0.3, 0.4) is 0 Å². The second-order valence-electron chi connectivity index (χ2n) is 6.26. The van der Waals surface area contributed by atoms with Gasteiger partial charge in [0.25, 0.3) is 5.91 Å². The van der Waals surface area contributed by atoms with Gasteiger partial charge in [0, 0.05) is 24.7 Å². The highest BCUT2D eigenvalue weighted by molar-refractivity contribution is 6.30. The van der Waals surface area contributed by atoms with E-state index < -0.39 is 6.10 Å². The van der Waals surface area contributed by atoms with Crippen molar-refractivity contribution < 1.29 is 9.53 Å². The van der Waals surface area contributed by atoms with Crippen LogP contribution in [0.15, 0.2) is 54.6 Å². The first-order valence-electron chi connectivity index (χ1n) is 8.35. The molecule has 0 heterocycles. The summed E-state index contributed by atoms with van der Waals surface area (Å²) in [5.74, 6) is 0.609. The molecule has 0 aliphatic rings. The molecule has 2 rings (SSSR count). The van der Waals surface area contributed by atoms with Gasteiger partial charge in [-0.3, -0.25) is 4.79 Å². The molecule has 1 unspecified atom stereocenters. The van der Waals surface area contributed by atoms with Gasteiger partial charge in [0.15, 0.2) is 6.10 Å². The predicted octanol–water partition coefficient (Wildman–Crippen LogP) is 3.70. The van der Waals surface area contributed by atoms with Crippen LogP contribution >= 0.6 is 11.6 Å². The SMILES string of the molecule is CC(Oc1ccc(Cl)cc1)C(=O)N(CCN(C)C)Cc1ccccc1. The van der Waals surface area contributed by atoms with E-state index in [2.05, 4.69) is 4.90 Å². The summed E-state index contributed by atoms with van der Waals surface area (Å²) in [6.45, 7) is 3.80. The monoisotopic (exact) mass is 360 g/mol. The lowest BCUT2D eigenvalue weighted by Gasteiger charge is -2.27. The quantitative estimate of drug-likeness (QED) is 0.719. The molecule has 25 heavy (non-hydrogen) atoms. The Kier molecular flexibility index (Phi) is 7.29. The maximum absolute atomic E-state index is 12.9. The molecule has 1 amide bonds. The van der Waals surface area contributed by atoms with Gasteiger partial charge in [-0.25, -0.2) is 0 Å². The van der Waals surface area contributed by atoms with Crippen LogP contribution in [0.2, 0.25) is 5.02 Å². The molecule has 0 bridgehead atoms. The molecule has 0 saturated carbocycles. The van der Waals surface area contributed by atoms with Crippen LogP contribution in [0.1, 0.15) is 12.5 Å². The Hall–Kier alpha value is -2.04. The summed E-state index contributed by atoms with van der Waals surface area (Å²) in [6.07, 6.45) is -0.563. The minimum Gasteiger partial charge on any atom is -0.481 e. The van der Waals surface area contributed by atoms with Crippen LogP contribution in [0.5, 0.6) is 5.75 Å². The second-order valence-corrected chi connectivity index (χ2v) is 6.70.